The summed E-state index contributed by atoms with van der Waals surface area (Å²) in [7, 11) is -3.82. The summed E-state index contributed by atoms with van der Waals surface area (Å²) in [6.45, 7) is 6.43. The molecule has 0 bridgehead atoms. The topological polar surface area (TPSA) is 78.8 Å². The van der Waals surface area contributed by atoms with Gasteiger partial charge in [-0.05, 0) is 43.2 Å². The Hall–Kier alpha value is -2.67. The molecule has 0 radical (unpaired) electrons. The molecule has 0 aromatic heterocycles. The van der Waals surface area contributed by atoms with Gasteiger partial charge in [0.1, 0.15) is 10.7 Å². The summed E-state index contributed by atoms with van der Waals surface area (Å²) >= 11 is 0. The molecule has 6 nitrogen and oxygen atoms in total. The predicted octanol–water partition coefficient (Wildman–Crippen LogP) is 3.52. The van der Waals surface area contributed by atoms with Gasteiger partial charge in [-0.3, -0.25) is 4.79 Å². The molecule has 1 amide bonds. The van der Waals surface area contributed by atoms with Gasteiger partial charge >= 0.3 is 0 Å². The van der Waals surface area contributed by atoms with Crippen molar-refractivity contribution in [3.05, 3.63) is 54.1 Å². The number of fused-ring (bicyclic) bond motifs is 1. The van der Waals surface area contributed by atoms with Crippen LogP contribution in [-0.2, 0) is 10.0 Å². The van der Waals surface area contributed by atoms with Crippen molar-refractivity contribution in [1.82, 2.24) is 0 Å². The van der Waals surface area contributed by atoms with Gasteiger partial charge in [-0.15, -0.1) is 4.40 Å². The maximum Gasteiger partial charge on any atom is 0.286 e. The number of nitrogens with zero attached hydrogens (tertiary/aromatic N) is 2. The van der Waals surface area contributed by atoms with E-state index >= 15 is 0 Å². The number of nitrogens with one attached hydrogen (secondary N) is 1. The quantitative estimate of drug-likeness (QED) is 0.892. The van der Waals surface area contributed by atoms with Crippen LogP contribution >= 0.6 is 0 Å². The Morgan fingerprint density at radius 1 is 1.15 bits per heavy atom. The molecule has 2 aromatic rings. The molecule has 26 heavy (non-hydrogen) atoms. The maximum absolute atomic E-state index is 12.5. The van der Waals surface area contributed by atoms with E-state index < -0.39 is 10.0 Å². The Morgan fingerprint density at radius 2 is 1.85 bits per heavy atom. The van der Waals surface area contributed by atoms with E-state index in [0.717, 1.165) is 0 Å². The number of sulfonamides is 1. The molecule has 0 atom stereocenters. The third-order valence-corrected chi connectivity index (χ3v) is 5.40. The second-order valence-electron chi connectivity index (χ2n) is 6.62. The molecule has 1 aliphatic rings. The third kappa shape index (κ3) is 3.62. The van der Waals surface area contributed by atoms with Crippen LogP contribution in [0.5, 0.6) is 0 Å². The number of carbonyl (C=O) groups is 1. The molecule has 7 heteroatoms. The highest BCUT2D eigenvalue weighted by molar-refractivity contribution is 7.90. The summed E-state index contributed by atoms with van der Waals surface area (Å²) in [6.07, 6.45) is 0. The number of anilines is 2. The zero-order valence-electron chi connectivity index (χ0n) is 14.9. The van der Waals surface area contributed by atoms with Crippen LogP contribution in [0.15, 0.2) is 57.8 Å². The van der Waals surface area contributed by atoms with E-state index in [0.29, 0.717) is 29.7 Å². The van der Waals surface area contributed by atoms with E-state index in [-0.39, 0.29) is 16.4 Å². The van der Waals surface area contributed by atoms with Crippen molar-refractivity contribution in [1.29, 1.82) is 0 Å². The van der Waals surface area contributed by atoms with Crippen molar-refractivity contribution in [2.75, 3.05) is 16.8 Å². The van der Waals surface area contributed by atoms with E-state index in [1.165, 1.54) is 6.07 Å². The molecule has 1 aliphatic heterocycles. The lowest BCUT2D eigenvalue weighted by Gasteiger charge is -2.30. The van der Waals surface area contributed by atoms with Gasteiger partial charge in [0, 0.05) is 17.8 Å². The highest BCUT2D eigenvalue weighted by Crippen LogP contribution is 2.33. The molecule has 0 saturated heterocycles. The Morgan fingerprint density at radius 3 is 2.50 bits per heavy atom. The fourth-order valence-corrected chi connectivity index (χ4v) is 4.12. The lowest BCUT2D eigenvalue weighted by molar-refractivity contribution is 0.102. The Kier molecular flexibility index (Phi) is 4.82. The van der Waals surface area contributed by atoms with Crippen molar-refractivity contribution in [3.8, 4) is 0 Å². The molecule has 0 saturated carbocycles. The van der Waals surface area contributed by atoms with Crippen LogP contribution in [0, 0.1) is 5.92 Å². The minimum absolute atomic E-state index is 0.0597. The minimum atomic E-state index is -3.82. The average molecular weight is 371 g/mol. The molecule has 3 rings (SSSR count). The van der Waals surface area contributed by atoms with Crippen molar-refractivity contribution >= 4 is 33.1 Å². The molecule has 0 fully saturated rings. The molecule has 2 aromatic carbocycles. The first-order chi connectivity index (χ1) is 12.3. The fourth-order valence-electron chi connectivity index (χ4n) is 2.85. The van der Waals surface area contributed by atoms with Gasteiger partial charge in [0.25, 0.3) is 15.9 Å². The van der Waals surface area contributed by atoms with Gasteiger partial charge in [-0.1, -0.05) is 32.0 Å². The summed E-state index contributed by atoms with van der Waals surface area (Å²) in [4.78, 5) is 14.4. The van der Waals surface area contributed by atoms with Crippen LogP contribution in [0.1, 0.15) is 31.1 Å². The first-order valence-electron chi connectivity index (χ1n) is 8.37. The van der Waals surface area contributed by atoms with Crippen molar-refractivity contribution in [2.45, 2.75) is 25.7 Å². The first-order valence-corrected chi connectivity index (χ1v) is 9.81. The number of hydrogen-bond acceptors (Lipinski definition) is 4. The molecular formula is C19H21N3O3S. The zero-order valence-corrected chi connectivity index (χ0v) is 15.7. The number of para-hydroxylation sites is 1. The molecule has 0 spiro atoms. The van der Waals surface area contributed by atoms with Gasteiger partial charge in [0.05, 0.1) is 5.69 Å². The summed E-state index contributed by atoms with van der Waals surface area (Å²) in [5.41, 5.74) is 1.48. The standard InChI is InChI=1S/C19H21N3O3S/c1-13(2)12-22-14(3)21-26(24,25)18-11-15(9-10-17(18)22)19(23)20-16-7-5-4-6-8-16/h4-11,13H,12H2,1-3H3,(H,20,23). The van der Waals surface area contributed by atoms with Gasteiger partial charge < -0.3 is 10.2 Å². The normalized spacial score (nSPS) is 15.4. The van der Waals surface area contributed by atoms with Crippen LogP contribution < -0.4 is 10.2 Å². The van der Waals surface area contributed by atoms with Crippen LogP contribution in [0.4, 0.5) is 11.4 Å². The largest absolute Gasteiger partial charge is 0.328 e. The van der Waals surface area contributed by atoms with Gasteiger partial charge in [0.15, 0.2) is 0 Å². The van der Waals surface area contributed by atoms with Crippen LogP contribution in [0.25, 0.3) is 0 Å². The van der Waals surface area contributed by atoms with E-state index in [1.807, 2.05) is 23.1 Å². The van der Waals surface area contributed by atoms with Crippen LogP contribution in [-0.4, -0.2) is 26.7 Å². The summed E-state index contributed by atoms with van der Waals surface area (Å²) in [6, 6.07) is 13.7. The molecule has 0 aliphatic carbocycles. The van der Waals surface area contributed by atoms with Crippen LogP contribution in [0.2, 0.25) is 0 Å². The number of carbonyl (C=O) groups excluding carboxylic acids is 1. The lowest BCUT2D eigenvalue weighted by atomic mass is 10.1. The highest BCUT2D eigenvalue weighted by Gasteiger charge is 2.30. The minimum Gasteiger partial charge on any atom is -0.328 e. The van der Waals surface area contributed by atoms with Crippen molar-refractivity contribution in [3.63, 3.8) is 0 Å². The van der Waals surface area contributed by atoms with E-state index in [1.54, 1.807) is 31.2 Å². The Balaban J connectivity index is 1.98. The number of rotatable bonds is 4. The number of hydrogen-bond donors (Lipinski definition) is 1. The third-order valence-electron chi connectivity index (χ3n) is 4.01. The molecular weight excluding hydrogens is 350 g/mol. The van der Waals surface area contributed by atoms with Crippen molar-refractivity contribution < 1.29 is 13.2 Å². The van der Waals surface area contributed by atoms with Crippen molar-refractivity contribution in [2.24, 2.45) is 10.3 Å². The number of amides is 1. The number of amidine groups is 1. The molecule has 0 unspecified atom stereocenters. The SMILES string of the molecule is CC1=NS(=O)(=O)c2cc(C(=O)Nc3ccccc3)ccc2N1CC(C)C. The summed E-state index contributed by atoms with van der Waals surface area (Å²) < 4.78 is 28.9. The predicted molar refractivity (Wildman–Crippen MR) is 103 cm³/mol. The summed E-state index contributed by atoms with van der Waals surface area (Å²) in [5, 5.41) is 2.76. The van der Waals surface area contributed by atoms with E-state index in [2.05, 4.69) is 23.6 Å². The van der Waals surface area contributed by atoms with Gasteiger partial charge in [0.2, 0.25) is 0 Å². The molecule has 1 heterocycles. The maximum atomic E-state index is 12.5. The Labute approximate surface area is 153 Å². The van der Waals surface area contributed by atoms with Gasteiger partial charge in [-0.2, -0.15) is 8.42 Å². The smallest absolute Gasteiger partial charge is 0.286 e. The first kappa shape index (κ1) is 18.1. The van der Waals surface area contributed by atoms with Gasteiger partial charge in [-0.25, -0.2) is 0 Å². The summed E-state index contributed by atoms with van der Waals surface area (Å²) in [5.74, 6) is 0.401. The monoisotopic (exact) mass is 371 g/mol. The highest BCUT2D eigenvalue weighted by atomic mass is 32.2. The average Bonchev–Trinajstić information content (AvgIpc) is 2.58. The fraction of sp³-hybridized carbons (Fsp3) is 0.263. The van der Waals surface area contributed by atoms with E-state index in [4.69, 9.17) is 0 Å². The lowest BCUT2D eigenvalue weighted by Crippen LogP contribution is -2.36. The molecule has 136 valence electrons. The van der Waals surface area contributed by atoms with Crippen LogP contribution in [0.3, 0.4) is 0 Å². The molecule has 1 N–H and O–H groups in total. The van der Waals surface area contributed by atoms with E-state index in [9.17, 15) is 13.2 Å². The second-order valence-corrected chi connectivity index (χ2v) is 8.19. The zero-order chi connectivity index (χ0) is 18.9. The Bertz CT molecular complexity index is 967. The number of benzene rings is 2. The second kappa shape index (κ2) is 6.92.